The van der Waals surface area contributed by atoms with Gasteiger partial charge in [0, 0.05) is 36.8 Å². The highest BCUT2D eigenvalue weighted by Gasteiger charge is 2.19. The quantitative estimate of drug-likeness (QED) is 0.821. The molecule has 1 unspecified atom stereocenters. The summed E-state index contributed by atoms with van der Waals surface area (Å²) in [6.45, 7) is 2.18. The van der Waals surface area contributed by atoms with E-state index in [1.807, 2.05) is 19.4 Å². The van der Waals surface area contributed by atoms with E-state index in [1.165, 1.54) is 18.5 Å². The fraction of sp³-hybridized carbons (Fsp3) is 0.462. The van der Waals surface area contributed by atoms with E-state index in [-0.39, 0.29) is 0 Å². The third kappa shape index (κ3) is 2.00. The molecule has 2 aromatic heterocycles. The summed E-state index contributed by atoms with van der Waals surface area (Å²) in [5.74, 6) is 0. The molecule has 1 aliphatic heterocycles. The van der Waals surface area contributed by atoms with E-state index in [4.69, 9.17) is 0 Å². The van der Waals surface area contributed by atoms with Crippen molar-refractivity contribution in [3.8, 4) is 0 Å². The molecule has 17 heavy (non-hydrogen) atoms. The van der Waals surface area contributed by atoms with E-state index < -0.39 is 0 Å². The summed E-state index contributed by atoms with van der Waals surface area (Å²) in [5, 5.41) is 4.42. The maximum atomic E-state index is 4.42. The van der Waals surface area contributed by atoms with Gasteiger partial charge in [-0.25, -0.2) is 4.98 Å². The number of H-pyrrole nitrogens is 1. The Balaban J connectivity index is 1.86. The monoisotopic (exact) mass is 229 g/mol. The number of nitrogens with zero attached hydrogens (tertiary/aromatic N) is 2. The summed E-state index contributed by atoms with van der Waals surface area (Å²) in [6, 6.07) is 5.92. The van der Waals surface area contributed by atoms with Gasteiger partial charge < -0.3 is 15.2 Å². The Kier molecular flexibility index (Phi) is 2.73. The number of hydrogen-bond acceptors (Lipinski definition) is 3. The minimum Gasteiger partial charge on any atom is -0.369 e. The van der Waals surface area contributed by atoms with Gasteiger partial charge in [0.05, 0.1) is 11.9 Å². The second-order valence-corrected chi connectivity index (χ2v) is 4.60. The molecule has 0 spiro atoms. The van der Waals surface area contributed by atoms with Crippen molar-refractivity contribution in [1.29, 1.82) is 0 Å². The average molecular weight is 229 g/mol. The summed E-state index contributed by atoms with van der Waals surface area (Å²) in [5.41, 5.74) is 2.12. The van der Waals surface area contributed by atoms with Crippen LogP contribution in [0.2, 0.25) is 0 Å². The van der Waals surface area contributed by atoms with Crippen LogP contribution in [0.25, 0.3) is 11.0 Å². The van der Waals surface area contributed by atoms with E-state index in [9.17, 15) is 0 Å². The summed E-state index contributed by atoms with van der Waals surface area (Å²) in [7, 11) is 2.04. The van der Waals surface area contributed by atoms with E-state index in [0.29, 0.717) is 6.04 Å². The molecule has 1 saturated heterocycles. The Morgan fingerprint density at radius 1 is 1.59 bits per heavy atom. The molecule has 0 amide bonds. The van der Waals surface area contributed by atoms with Crippen LogP contribution in [0.5, 0.6) is 0 Å². The Bertz CT molecular complexity index is 505. The smallest absolute Gasteiger partial charge is 0.138 e. The second kappa shape index (κ2) is 4.37. The molecule has 2 N–H and O–H groups in total. The first-order chi connectivity index (χ1) is 8.36. The SMILES string of the molecule is CNC1CCCN(c2cnc3[nH]c[c]c3c2)C1. The molecule has 3 rings (SSSR count). The number of aromatic amines is 1. The largest absolute Gasteiger partial charge is 0.369 e. The van der Waals surface area contributed by atoms with Gasteiger partial charge in [-0.05, 0) is 26.0 Å². The molecular weight excluding hydrogens is 212 g/mol. The van der Waals surface area contributed by atoms with Gasteiger partial charge in [0.1, 0.15) is 5.65 Å². The fourth-order valence-electron chi connectivity index (χ4n) is 2.48. The number of piperidine rings is 1. The first-order valence-electron chi connectivity index (χ1n) is 6.14. The van der Waals surface area contributed by atoms with Crippen LogP contribution < -0.4 is 10.2 Å². The van der Waals surface area contributed by atoms with Crippen molar-refractivity contribution in [1.82, 2.24) is 15.3 Å². The van der Waals surface area contributed by atoms with Gasteiger partial charge in [-0.15, -0.1) is 0 Å². The average Bonchev–Trinajstić information content (AvgIpc) is 2.86. The van der Waals surface area contributed by atoms with E-state index in [0.717, 1.165) is 24.1 Å². The number of nitrogens with one attached hydrogen (secondary N) is 2. The van der Waals surface area contributed by atoms with Gasteiger partial charge in [-0.1, -0.05) is 0 Å². The van der Waals surface area contributed by atoms with Gasteiger partial charge in [-0.3, -0.25) is 0 Å². The fourth-order valence-corrected chi connectivity index (χ4v) is 2.48. The van der Waals surface area contributed by atoms with Crippen LogP contribution in [-0.4, -0.2) is 36.1 Å². The molecule has 1 radical (unpaired) electrons. The molecule has 2 aromatic rings. The van der Waals surface area contributed by atoms with Crippen molar-refractivity contribution >= 4 is 16.7 Å². The Hall–Kier alpha value is -1.55. The topological polar surface area (TPSA) is 44.0 Å². The maximum absolute atomic E-state index is 4.42. The predicted molar refractivity (Wildman–Crippen MR) is 69.2 cm³/mol. The highest BCUT2D eigenvalue weighted by atomic mass is 15.2. The van der Waals surface area contributed by atoms with Crippen LogP contribution in [0.1, 0.15) is 12.8 Å². The van der Waals surface area contributed by atoms with Gasteiger partial charge in [0.15, 0.2) is 0 Å². The first kappa shape index (κ1) is 10.6. The third-order valence-corrected chi connectivity index (χ3v) is 3.50. The van der Waals surface area contributed by atoms with Crippen molar-refractivity contribution in [2.45, 2.75) is 18.9 Å². The van der Waals surface area contributed by atoms with E-state index >= 15 is 0 Å². The number of rotatable bonds is 2. The summed E-state index contributed by atoms with van der Waals surface area (Å²) >= 11 is 0. The predicted octanol–water partition coefficient (Wildman–Crippen LogP) is 1.55. The van der Waals surface area contributed by atoms with Crippen molar-refractivity contribution in [2.24, 2.45) is 0 Å². The molecule has 1 atom stereocenters. The van der Waals surface area contributed by atoms with Gasteiger partial charge >= 0.3 is 0 Å². The van der Waals surface area contributed by atoms with Crippen molar-refractivity contribution in [3.05, 3.63) is 24.5 Å². The lowest BCUT2D eigenvalue weighted by Crippen LogP contribution is -2.44. The number of hydrogen-bond donors (Lipinski definition) is 2. The molecule has 1 aliphatic rings. The zero-order chi connectivity index (χ0) is 11.7. The molecule has 0 aromatic carbocycles. The van der Waals surface area contributed by atoms with Gasteiger partial charge in [0.2, 0.25) is 0 Å². The molecular formula is C13H17N4. The first-order valence-corrected chi connectivity index (χ1v) is 6.14. The zero-order valence-corrected chi connectivity index (χ0v) is 10.0. The Morgan fingerprint density at radius 3 is 3.41 bits per heavy atom. The number of likely N-dealkylation sites (N-methyl/N-ethyl adjacent to an activating group) is 1. The maximum Gasteiger partial charge on any atom is 0.138 e. The standard InChI is InChI=1S/C13H17N4/c1-14-11-3-2-6-17(9-11)12-7-10-4-5-15-13(10)16-8-12/h5,7-8,11,14H,2-3,6,9H2,1H3,(H,15,16). The Morgan fingerprint density at radius 2 is 2.53 bits per heavy atom. The lowest BCUT2D eigenvalue weighted by Gasteiger charge is -2.34. The van der Waals surface area contributed by atoms with Crippen molar-refractivity contribution in [3.63, 3.8) is 0 Å². The summed E-state index contributed by atoms with van der Waals surface area (Å²) in [6.07, 6.45) is 6.26. The Labute approximate surface area is 101 Å². The normalized spacial score (nSPS) is 21.0. The lowest BCUT2D eigenvalue weighted by atomic mass is 10.1. The number of anilines is 1. The van der Waals surface area contributed by atoms with Crippen molar-refractivity contribution in [2.75, 3.05) is 25.0 Å². The molecule has 3 heterocycles. The summed E-state index contributed by atoms with van der Waals surface area (Å²) in [4.78, 5) is 9.89. The molecule has 1 fully saturated rings. The summed E-state index contributed by atoms with van der Waals surface area (Å²) < 4.78 is 0. The van der Waals surface area contributed by atoms with Crippen LogP contribution >= 0.6 is 0 Å². The van der Waals surface area contributed by atoms with E-state index in [1.54, 1.807) is 0 Å². The molecule has 0 bridgehead atoms. The second-order valence-electron chi connectivity index (χ2n) is 4.60. The van der Waals surface area contributed by atoms with Gasteiger partial charge in [0.25, 0.3) is 0 Å². The van der Waals surface area contributed by atoms with Crippen LogP contribution in [-0.2, 0) is 0 Å². The number of pyridine rings is 1. The van der Waals surface area contributed by atoms with Crippen LogP contribution in [0.4, 0.5) is 5.69 Å². The van der Waals surface area contributed by atoms with Gasteiger partial charge in [-0.2, -0.15) is 0 Å². The highest BCUT2D eigenvalue weighted by Crippen LogP contribution is 2.22. The van der Waals surface area contributed by atoms with Crippen LogP contribution in [0.15, 0.2) is 18.5 Å². The molecule has 0 saturated carbocycles. The van der Waals surface area contributed by atoms with Crippen LogP contribution in [0, 0.1) is 6.07 Å². The van der Waals surface area contributed by atoms with E-state index in [2.05, 4.69) is 32.3 Å². The number of fused-ring (bicyclic) bond motifs is 1. The number of aromatic nitrogens is 2. The zero-order valence-electron chi connectivity index (χ0n) is 10.0. The highest BCUT2D eigenvalue weighted by molar-refractivity contribution is 5.78. The molecule has 89 valence electrons. The lowest BCUT2D eigenvalue weighted by molar-refractivity contribution is 0.449. The molecule has 4 nitrogen and oxygen atoms in total. The molecule has 0 aliphatic carbocycles. The minimum absolute atomic E-state index is 0.592. The minimum atomic E-state index is 0.592. The molecule has 4 heteroatoms. The van der Waals surface area contributed by atoms with Crippen LogP contribution in [0.3, 0.4) is 0 Å². The third-order valence-electron chi connectivity index (χ3n) is 3.50. The van der Waals surface area contributed by atoms with Crippen molar-refractivity contribution < 1.29 is 0 Å².